The number of nitriles is 1. The molecule has 0 aliphatic rings. The summed E-state index contributed by atoms with van der Waals surface area (Å²) in [6, 6.07) is 7.97. The van der Waals surface area contributed by atoms with Gasteiger partial charge in [-0.15, -0.1) is 6.42 Å². The van der Waals surface area contributed by atoms with Crippen molar-refractivity contribution < 1.29 is 4.79 Å². The second kappa shape index (κ2) is 4.86. The van der Waals surface area contributed by atoms with Crippen molar-refractivity contribution >= 4 is 11.6 Å². The molecule has 1 rings (SSSR count). The molecular formula is C12H11N3O. The van der Waals surface area contributed by atoms with Gasteiger partial charge < -0.3 is 10.6 Å². The summed E-state index contributed by atoms with van der Waals surface area (Å²) in [6.07, 6.45) is 5.21. The zero-order valence-corrected chi connectivity index (χ0v) is 8.84. The highest BCUT2D eigenvalue weighted by atomic mass is 16.1. The quantitative estimate of drug-likeness (QED) is 0.753. The maximum atomic E-state index is 11.0. The van der Waals surface area contributed by atoms with Crippen LogP contribution in [0.25, 0.3) is 0 Å². The molecule has 0 saturated heterocycles. The molecule has 0 aromatic heterocycles. The molecule has 0 bridgehead atoms. The van der Waals surface area contributed by atoms with Gasteiger partial charge in [0.1, 0.15) is 6.07 Å². The minimum atomic E-state index is -0.664. The molecule has 1 unspecified atom stereocenters. The predicted molar refractivity (Wildman–Crippen MR) is 61.6 cm³/mol. The number of carbonyl (C=O) groups excluding carboxylic acids is 1. The van der Waals surface area contributed by atoms with E-state index in [1.54, 1.807) is 36.2 Å². The third-order valence-electron chi connectivity index (χ3n) is 2.21. The second-order valence-corrected chi connectivity index (χ2v) is 3.22. The Morgan fingerprint density at radius 3 is 2.81 bits per heavy atom. The summed E-state index contributed by atoms with van der Waals surface area (Å²) in [6.45, 7) is 0. The average molecular weight is 213 g/mol. The molecule has 0 aliphatic heterocycles. The van der Waals surface area contributed by atoms with Crippen molar-refractivity contribution in [3.8, 4) is 18.4 Å². The lowest BCUT2D eigenvalue weighted by atomic mass is 10.1. The highest BCUT2D eigenvalue weighted by Gasteiger charge is 2.12. The van der Waals surface area contributed by atoms with Gasteiger partial charge in [-0.25, -0.2) is 0 Å². The number of nitrogens with zero attached hydrogens (tertiary/aromatic N) is 2. The topological polar surface area (TPSA) is 70.1 Å². The lowest BCUT2D eigenvalue weighted by molar-refractivity contribution is 0.100. The molecule has 1 atom stereocenters. The van der Waals surface area contributed by atoms with Gasteiger partial charge in [0.25, 0.3) is 0 Å². The first kappa shape index (κ1) is 11.6. The Labute approximate surface area is 94.3 Å². The third kappa shape index (κ3) is 2.31. The van der Waals surface area contributed by atoms with E-state index < -0.39 is 11.9 Å². The predicted octanol–water partition coefficient (Wildman–Crippen LogP) is 0.747. The summed E-state index contributed by atoms with van der Waals surface area (Å²) in [4.78, 5) is 12.6. The number of terminal acetylenes is 1. The molecule has 2 N–H and O–H groups in total. The number of carbonyl (C=O) groups is 1. The van der Waals surface area contributed by atoms with E-state index in [2.05, 4.69) is 5.92 Å². The highest BCUT2D eigenvalue weighted by Crippen LogP contribution is 2.16. The minimum absolute atomic E-state index is 0.387. The summed E-state index contributed by atoms with van der Waals surface area (Å²) in [5.41, 5.74) is 6.23. The van der Waals surface area contributed by atoms with Crippen LogP contribution < -0.4 is 10.6 Å². The van der Waals surface area contributed by atoms with Crippen LogP contribution >= 0.6 is 0 Å². The van der Waals surface area contributed by atoms with Gasteiger partial charge in [-0.1, -0.05) is 12.0 Å². The van der Waals surface area contributed by atoms with Crippen molar-refractivity contribution in [1.29, 1.82) is 5.26 Å². The fraction of sp³-hybridized carbons (Fsp3) is 0.167. The van der Waals surface area contributed by atoms with Crippen molar-refractivity contribution in [1.82, 2.24) is 0 Å². The van der Waals surface area contributed by atoms with Crippen LogP contribution in [0.5, 0.6) is 0 Å². The zero-order valence-electron chi connectivity index (χ0n) is 8.84. The Bertz CT molecular complexity index is 468. The molecule has 80 valence electrons. The average Bonchev–Trinajstić information content (AvgIpc) is 2.30. The molecule has 16 heavy (non-hydrogen) atoms. The van der Waals surface area contributed by atoms with Gasteiger partial charge in [0.05, 0.1) is 0 Å². The van der Waals surface area contributed by atoms with E-state index in [1.807, 2.05) is 6.07 Å². The molecule has 1 aromatic rings. The van der Waals surface area contributed by atoms with E-state index in [4.69, 9.17) is 17.4 Å². The summed E-state index contributed by atoms with van der Waals surface area (Å²) in [5, 5.41) is 8.81. The number of primary amides is 1. The normalized spacial score (nSPS) is 10.9. The molecule has 0 aliphatic carbocycles. The van der Waals surface area contributed by atoms with Crippen LogP contribution in [0.4, 0.5) is 5.69 Å². The molecule has 0 spiro atoms. The van der Waals surface area contributed by atoms with Crippen LogP contribution in [0, 0.1) is 23.7 Å². The molecule has 4 nitrogen and oxygen atoms in total. The molecule has 1 aromatic carbocycles. The van der Waals surface area contributed by atoms with Gasteiger partial charge in [-0.3, -0.25) is 4.79 Å². The summed E-state index contributed by atoms with van der Waals surface area (Å²) in [5.74, 6) is 1.84. The largest absolute Gasteiger partial charge is 0.366 e. The Kier molecular flexibility index (Phi) is 3.53. The first-order valence-corrected chi connectivity index (χ1v) is 4.58. The zero-order chi connectivity index (χ0) is 12.1. The van der Waals surface area contributed by atoms with Crippen molar-refractivity contribution in [2.45, 2.75) is 6.04 Å². The van der Waals surface area contributed by atoms with Crippen molar-refractivity contribution in [2.75, 3.05) is 11.9 Å². The van der Waals surface area contributed by atoms with Gasteiger partial charge >= 0.3 is 0 Å². The molecule has 0 saturated carbocycles. The minimum Gasteiger partial charge on any atom is -0.366 e. The van der Waals surface area contributed by atoms with Gasteiger partial charge in [0.15, 0.2) is 6.04 Å². The first-order chi connectivity index (χ1) is 7.60. The third-order valence-corrected chi connectivity index (χ3v) is 2.21. The molecule has 0 fully saturated rings. The van der Waals surface area contributed by atoms with Crippen LogP contribution in [0.15, 0.2) is 24.3 Å². The van der Waals surface area contributed by atoms with E-state index in [9.17, 15) is 4.79 Å². The number of rotatable bonds is 3. The van der Waals surface area contributed by atoms with Crippen LogP contribution in [0.1, 0.15) is 10.4 Å². The van der Waals surface area contributed by atoms with E-state index in [0.29, 0.717) is 11.3 Å². The van der Waals surface area contributed by atoms with Crippen LogP contribution in [0.3, 0.4) is 0 Å². The summed E-state index contributed by atoms with van der Waals surface area (Å²) < 4.78 is 0. The van der Waals surface area contributed by atoms with Crippen molar-refractivity contribution in [3.05, 3.63) is 29.8 Å². The fourth-order valence-electron chi connectivity index (χ4n) is 1.26. The van der Waals surface area contributed by atoms with Crippen molar-refractivity contribution in [3.63, 3.8) is 0 Å². The number of amides is 1. The molecular weight excluding hydrogens is 202 g/mol. The highest BCUT2D eigenvalue weighted by molar-refractivity contribution is 5.93. The fourth-order valence-corrected chi connectivity index (χ4v) is 1.26. The van der Waals surface area contributed by atoms with Gasteiger partial charge in [0, 0.05) is 18.3 Å². The van der Waals surface area contributed by atoms with Crippen LogP contribution in [-0.2, 0) is 0 Å². The summed E-state index contributed by atoms with van der Waals surface area (Å²) >= 11 is 0. The second-order valence-electron chi connectivity index (χ2n) is 3.22. The number of nitrogens with two attached hydrogens (primary N) is 1. The molecule has 0 heterocycles. The maximum Gasteiger partial charge on any atom is 0.248 e. The summed E-state index contributed by atoms with van der Waals surface area (Å²) in [7, 11) is 1.69. The Balaban J connectivity index is 3.06. The van der Waals surface area contributed by atoms with Crippen LogP contribution in [-0.4, -0.2) is 19.0 Å². The monoisotopic (exact) mass is 213 g/mol. The van der Waals surface area contributed by atoms with E-state index in [-0.39, 0.29) is 0 Å². The smallest absolute Gasteiger partial charge is 0.248 e. The maximum absolute atomic E-state index is 11.0. The van der Waals surface area contributed by atoms with E-state index in [0.717, 1.165) is 0 Å². The Hall–Kier alpha value is -2.46. The standard InChI is InChI=1S/C12H11N3O/c1-3-10(8-13)15(2)11-6-4-5-9(7-11)12(14)16/h1,4-7,10H,2H3,(H2,14,16). The Morgan fingerprint density at radius 2 is 2.31 bits per heavy atom. The van der Waals surface area contributed by atoms with Gasteiger partial charge in [0.2, 0.25) is 5.91 Å². The Morgan fingerprint density at radius 1 is 1.62 bits per heavy atom. The lowest BCUT2D eigenvalue weighted by Crippen LogP contribution is -2.28. The van der Waals surface area contributed by atoms with Crippen LogP contribution in [0.2, 0.25) is 0 Å². The SMILES string of the molecule is C#CC(C#N)N(C)c1cccc(C(N)=O)c1. The van der Waals surface area contributed by atoms with E-state index in [1.165, 1.54) is 0 Å². The number of benzene rings is 1. The number of hydrogen-bond donors (Lipinski definition) is 1. The lowest BCUT2D eigenvalue weighted by Gasteiger charge is -2.21. The number of hydrogen-bond acceptors (Lipinski definition) is 3. The molecule has 1 amide bonds. The number of anilines is 1. The van der Waals surface area contributed by atoms with Gasteiger partial charge in [-0.2, -0.15) is 5.26 Å². The molecule has 4 heteroatoms. The molecule has 0 radical (unpaired) electrons. The first-order valence-electron chi connectivity index (χ1n) is 4.58. The van der Waals surface area contributed by atoms with Gasteiger partial charge in [-0.05, 0) is 18.2 Å². The van der Waals surface area contributed by atoms with E-state index >= 15 is 0 Å². The van der Waals surface area contributed by atoms with Crippen molar-refractivity contribution in [2.24, 2.45) is 5.73 Å².